The summed E-state index contributed by atoms with van der Waals surface area (Å²) in [5.41, 5.74) is -0.111. The fraction of sp³-hybridized carbons (Fsp3) is 0.222. The van der Waals surface area contributed by atoms with Gasteiger partial charge in [-0.2, -0.15) is 0 Å². The van der Waals surface area contributed by atoms with Crippen LogP contribution in [0.5, 0.6) is 0 Å². The lowest BCUT2D eigenvalue weighted by Gasteiger charge is -2.22. The molecule has 0 saturated carbocycles. The summed E-state index contributed by atoms with van der Waals surface area (Å²) >= 11 is 0.987. The van der Waals surface area contributed by atoms with E-state index in [9.17, 15) is 18.0 Å². The van der Waals surface area contributed by atoms with Crippen LogP contribution in [0.25, 0.3) is 10.2 Å². The first-order valence-corrected chi connectivity index (χ1v) is 8.65. The number of halogens is 3. The van der Waals surface area contributed by atoms with E-state index in [2.05, 4.69) is 4.98 Å². The predicted molar refractivity (Wildman–Crippen MR) is 96.2 cm³/mol. The third-order valence-electron chi connectivity index (χ3n) is 3.75. The molecule has 2 aromatic carbocycles. The number of likely N-dealkylation sites (N-methyl/N-ethyl adjacent to an activating group) is 1. The average molecular weight is 379 g/mol. The molecular weight excluding hydrogens is 363 g/mol. The molecular formula is C18H16F3N3OS. The minimum atomic E-state index is -0.798. The molecule has 3 aromatic rings. The lowest BCUT2D eigenvalue weighted by molar-refractivity contribution is 0.0981. The van der Waals surface area contributed by atoms with E-state index < -0.39 is 23.4 Å². The maximum absolute atomic E-state index is 14.1. The van der Waals surface area contributed by atoms with Crippen molar-refractivity contribution in [3.63, 3.8) is 0 Å². The molecule has 0 aliphatic heterocycles. The molecule has 0 unspecified atom stereocenters. The Balaban J connectivity index is 2.05. The van der Waals surface area contributed by atoms with E-state index >= 15 is 0 Å². The summed E-state index contributed by atoms with van der Waals surface area (Å²) in [6.45, 7) is 0.719. The first kappa shape index (κ1) is 18.3. The lowest BCUT2D eigenvalue weighted by Crippen LogP contribution is -2.37. The van der Waals surface area contributed by atoms with Crippen molar-refractivity contribution in [2.75, 3.05) is 32.1 Å². The van der Waals surface area contributed by atoms with Crippen LogP contribution in [-0.2, 0) is 0 Å². The Bertz CT molecular complexity index is 958. The van der Waals surface area contributed by atoms with E-state index in [1.165, 1.54) is 23.1 Å². The molecule has 1 heterocycles. The summed E-state index contributed by atoms with van der Waals surface area (Å²) in [5.74, 6) is -2.74. The zero-order chi connectivity index (χ0) is 18.8. The number of hydrogen-bond acceptors (Lipinski definition) is 4. The number of amides is 1. The molecule has 8 heteroatoms. The van der Waals surface area contributed by atoms with Gasteiger partial charge in [0.2, 0.25) is 0 Å². The quantitative estimate of drug-likeness (QED) is 0.674. The summed E-state index contributed by atoms with van der Waals surface area (Å²) in [5, 5.41) is 0.194. The van der Waals surface area contributed by atoms with E-state index in [1.807, 2.05) is 19.0 Å². The number of anilines is 1. The van der Waals surface area contributed by atoms with Crippen molar-refractivity contribution in [1.29, 1.82) is 0 Å². The summed E-state index contributed by atoms with van der Waals surface area (Å²) in [7, 11) is 3.66. The molecule has 0 aliphatic rings. The van der Waals surface area contributed by atoms with Gasteiger partial charge in [-0.3, -0.25) is 9.69 Å². The monoisotopic (exact) mass is 379 g/mol. The maximum atomic E-state index is 14.1. The second-order valence-corrected chi connectivity index (χ2v) is 6.98. The molecule has 1 amide bonds. The van der Waals surface area contributed by atoms with Gasteiger partial charge < -0.3 is 4.90 Å². The highest BCUT2D eigenvalue weighted by molar-refractivity contribution is 7.22. The average Bonchev–Trinajstić information content (AvgIpc) is 2.99. The largest absolute Gasteiger partial charge is 0.308 e. The number of rotatable bonds is 5. The molecule has 3 rings (SSSR count). The van der Waals surface area contributed by atoms with Gasteiger partial charge in [0, 0.05) is 19.2 Å². The fourth-order valence-corrected chi connectivity index (χ4v) is 3.45. The number of fused-ring (bicyclic) bond motifs is 1. The van der Waals surface area contributed by atoms with Crippen molar-refractivity contribution in [2.45, 2.75) is 0 Å². The molecule has 0 bridgehead atoms. The standard InChI is InChI=1S/C18H16F3N3OS/c1-23(2)7-8-24(17(25)12-5-3-4-6-13(12)20)18-22-16-14(21)9-11(19)10-15(16)26-18/h3-6,9-10H,7-8H2,1-2H3. The molecule has 0 aliphatic carbocycles. The van der Waals surface area contributed by atoms with E-state index in [-0.39, 0.29) is 27.5 Å². The van der Waals surface area contributed by atoms with Gasteiger partial charge in [-0.15, -0.1) is 0 Å². The number of carbonyl (C=O) groups excluding carboxylic acids is 1. The molecule has 0 atom stereocenters. The Morgan fingerprint density at radius 2 is 1.81 bits per heavy atom. The van der Waals surface area contributed by atoms with Crippen molar-refractivity contribution in [1.82, 2.24) is 9.88 Å². The summed E-state index contributed by atoms with van der Waals surface area (Å²) in [4.78, 5) is 20.2. The predicted octanol–water partition coefficient (Wildman–Crippen LogP) is 3.92. The Kier molecular flexibility index (Phi) is 5.24. The minimum absolute atomic E-state index is 0.0115. The van der Waals surface area contributed by atoms with Crippen LogP contribution in [0.1, 0.15) is 10.4 Å². The molecule has 0 fully saturated rings. The third-order valence-corrected chi connectivity index (χ3v) is 4.78. The van der Waals surface area contributed by atoms with E-state index in [0.717, 1.165) is 23.5 Å². The van der Waals surface area contributed by atoms with Crippen molar-refractivity contribution in [2.24, 2.45) is 0 Å². The van der Waals surface area contributed by atoms with Gasteiger partial charge in [0.05, 0.1) is 10.3 Å². The zero-order valence-electron chi connectivity index (χ0n) is 14.2. The van der Waals surface area contributed by atoms with E-state index in [0.29, 0.717) is 6.54 Å². The highest BCUT2D eigenvalue weighted by Crippen LogP contribution is 2.32. The molecule has 0 N–H and O–H groups in total. The molecule has 0 radical (unpaired) electrons. The van der Waals surface area contributed by atoms with Gasteiger partial charge in [-0.25, -0.2) is 18.2 Å². The Morgan fingerprint density at radius 1 is 1.08 bits per heavy atom. The van der Waals surface area contributed by atoms with Gasteiger partial charge in [0.1, 0.15) is 17.2 Å². The molecule has 26 heavy (non-hydrogen) atoms. The fourth-order valence-electron chi connectivity index (χ4n) is 2.43. The van der Waals surface area contributed by atoms with Gasteiger partial charge in [0.25, 0.3) is 5.91 Å². The number of aromatic nitrogens is 1. The molecule has 136 valence electrons. The third kappa shape index (κ3) is 3.71. The lowest BCUT2D eigenvalue weighted by atomic mass is 10.2. The van der Waals surface area contributed by atoms with Gasteiger partial charge in [0.15, 0.2) is 10.9 Å². The van der Waals surface area contributed by atoms with Gasteiger partial charge in [-0.05, 0) is 32.3 Å². The SMILES string of the molecule is CN(C)CCN(C(=O)c1ccccc1F)c1nc2c(F)cc(F)cc2s1. The smallest absolute Gasteiger partial charge is 0.263 e. The Morgan fingerprint density at radius 3 is 2.50 bits per heavy atom. The summed E-state index contributed by atoms with van der Waals surface area (Å²) in [6, 6.07) is 7.55. The first-order valence-electron chi connectivity index (χ1n) is 7.83. The van der Waals surface area contributed by atoms with E-state index in [1.54, 1.807) is 6.07 Å². The van der Waals surface area contributed by atoms with Crippen LogP contribution in [0, 0.1) is 17.5 Å². The van der Waals surface area contributed by atoms with Crippen LogP contribution in [0.4, 0.5) is 18.3 Å². The maximum Gasteiger partial charge on any atom is 0.263 e. The first-order chi connectivity index (χ1) is 12.4. The highest BCUT2D eigenvalue weighted by Gasteiger charge is 2.24. The molecule has 0 spiro atoms. The topological polar surface area (TPSA) is 36.4 Å². The minimum Gasteiger partial charge on any atom is -0.308 e. The van der Waals surface area contributed by atoms with Crippen molar-refractivity contribution < 1.29 is 18.0 Å². The second kappa shape index (κ2) is 7.43. The van der Waals surface area contributed by atoms with Crippen LogP contribution >= 0.6 is 11.3 Å². The Hall–Kier alpha value is -2.45. The van der Waals surface area contributed by atoms with Gasteiger partial charge in [-0.1, -0.05) is 23.5 Å². The Labute approximate surface area is 152 Å². The second-order valence-electron chi connectivity index (χ2n) is 5.97. The van der Waals surface area contributed by atoms with Crippen LogP contribution < -0.4 is 4.90 Å². The number of benzene rings is 2. The molecule has 1 aromatic heterocycles. The number of hydrogen-bond donors (Lipinski definition) is 0. The van der Waals surface area contributed by atoms with E-state index in [4.69, 9.17) is 0 Å². The normalized spacial score (nSPS) is 11.3. The van der Waals surface area contributed by atoms with Crippen LogP contribution in [0.2, 0.25) is 0 Å². The highest BCUT2D eigenvalue weighted by atomic mass is 32.1. The number of nitrogens with zero attached hydrogens (tertiary/aromatic N) is 3. The number of thiazole rings is 1. The summed E-state index contributed by atoms with van der Waals surface area (Å²) < 4.78 is 41.7. The zero-order valence-corrected chi connectivity index (χ0v) is 15.0. The summed E-state index contributed by atoms with van der Waals surface area (Å²) in [6.07, 6.45) is 0. The van der Waals surface area contributed by atoms with Crippen molar-refractivity contribution >= 4 is 32.6 Å². The molecule has 4 nitrogen and oxygen atoms in total. The van der Waals surface area contributed by atoms with Crippen molar-refractivity contribution in [3.8, 4) is 0 Å². The van der Waals surface area contributed by atoms with Crippen LogP contribution in [0.15, 0.2) is 36.4 Å². The van der Waals surface area contributed by atoms with Crippen LogP contribution in [-0.4, -0.2) is 43.0 Å². The number of carbonyl (C=O) groups is 1. The van der Waals surface area contributed by atoms with Crippen LogP contribution in [0.3, 0.4) is 0 Å². The van der Waals surface area contributed by atoms with Gasteiger partial charge >= 0.3 is 0 Å². The van der Waals surface area contributed by atoms with Crippen molar-refractivity contribution in [3.05, 3.63) is 59.4 Å². The molecule has 0 saturated heterocycles.